The lowest BCUT2D eigenvalue weighted by Gasteiger charge is -2.12. The van der Waals surface area contributed by atoms with Crippen LogP contribution < -0.4 is 9.46 Å². The number of sulfonamides is 1. The monoisotopic (exact) mass is 315 g/mol. The quantitative estimate of drug-likeness (QED) is 0.828. The van der Waals surface area contributed by atoms with E-state index >= 15 is 0 Å². The molecule has 0 saturated carbocycles. The van der Waals surface area contributed by atoms with Crippen LogP contribution in [0.4, 0.5) is 8.78 Å². The van der Waals surface area contributed by atoms with Crippen LogP contribution in [0, 0.1) is 0 Å². The van der Waals surface area contributed by atoms with Gasteiger partial charge in [0, 0.05) is 6.54 Å². The second-order valence-corrected chi connectivity index (χ2v) is 5.72. The first-order valence-corrected chi connectivity index (χ1v) is 6.93. The maximum Gasteiger partial charge on any atom is 0.265 e. The fraction of sp³-hybridized carbons (Fsp3) is 0.400. The van der Waals surface area contributed by atoms with Gasteiger partial charge in [-0.1, -0.05) is 11.6 Å². The number of halogens is 3. The Balaban J connectivity index is 2.86. The van der Waals surface area contributed by atoms with E-state index in [-0.39, 0.29) is 15.7 Å². The predicted octanol–water partition coefficient (Wildman–Crippen LogP) is 1.25. The zero-order valence-corrected chi connectivity index (χ0v) is 11.4. The van der Waals surface area contributed by atoms with Crippen molar-refractivity contribution in [2.75, 3.05) is 13.7 Å². The summed E-state index contributed by atoms with van der Waals surface area (Å²) >= 11 is 5.76. The van der Waals surface area contributed by atoms with E-state index in [9.17, 15) is 17.2 Å². The Labute approximate surface area is 114 Å². The molecule has 19 heavy (non-hydrogen) atoms. The molecule has 1 aromatic rings. The van der Waals surface area contributed by atoms with Crippen molar-refractivity contribution in [2.45, 2.75) is 17.4 Å². The van der Waals surface area contributed by atoms with Crippen molar-refractivity contribution in [3.63, 3.8) is 0 Å². The summed E-state index contributed by atoms with van der Waals surface area (Å²) in [7, 11) is -2.65. The van der Waals surface area contributed by atoms with Gasteiger partial charge in [0.2, 0.25) is 10.0 Å². The van der Waals surface area contributed by atoms with E-state index in [1.807, 2.05) is 4.72 Å². The lowest BCUT2D eigenvalue weighted by molar-refractivity contribution is -0.000451. The highest BCUT2D eigenvalue weighted by molar-refractivity contribution is 7.89. The van der Waals surface area contributed by atoms with Crippen LogP contribution in [-0.4, -0.2) is 39.7 Å². The van der Waals surface area contributed by atoms with Crippen LogP contribution in [0.1, 0.15) is 0 Å². The zero-order valence-electron chi connectivity index (χ0n) is 9.81. The highest BCUT2D eigenvalue weighted by Crippen LogP contribution is 2.26. The van der Waals surface area contributed by atoms with Crippen LogP contribution in [0.25, 0.3) is 0 Å². The molecule has 1 aromatic carbocycles. The van der Waals surface area contributed by atoms with E-state index in [4.69, 9.17) is 21.4 Å². The van der Waals surface area contributed by atoms with Crippen molar-refractivity contribution < 1.29 is 27.0 Å². The molecule has 0 fully saturated rings. The molecule has 1 rings (SSSR count). The average molecular weight is 316 g/mol. The SMILES string of the molecule is COc1ccc(S(=O)(=O)NCC(O)C(F)F)cc1Cl. The first-order valence-electron chi connectivity index (χ1n) is 5.07. The largest absolute Gasteiger partial charge is 0.495 e. The summed E-state index contributed by atoms with van der Waals surface area (Å²) in [6.45, 7) is -0.788. The van der Waals surface area contributed by atoms with Crippen molar-refractivity contribution in [1.82, 2.24) is 4.72 Å². The van der Waals surface area contributed by atoms with E-state index in [1.54, 1.807) is 0 Å². The van der Waals surface area contributed by atoms with Gasteiger partial charge in [0.05, 0.1) is 17.0 Å². The highest BCUT2D eigenvalue weighted by atomic mass is 35.5. The van der Waals surface area contributed by atoms with Gasteiger partial charge in [-0.05, 0) is 18.2 Å². The smallest absolute Gasteiger partial charge is 0.265 e. The van der Waals surface area contributed by atoms with Crippen molar-refractivity contribution in [1.29, 1.82) is 0 Å². The predicted molar refractivity (Wildman–Crippen MR) is 65.2 cm³/mol. The van der Waals surface area contributed by atoms with Crippen molar-refractivity contribution >= 4 is 21.6 Å². The number of aliphatic hydroxyl groups is 1. The molecule has 0 aliphatic rings. The Hall–Kier alpha value is -0.960. The van der Waals surface area contributed by atoms with E-state index in [1.165, 1.54) is 19.2 Å². The Kier molecular flexibility index (Phi) is 5.48. The van der Waals surface area contributed by atoms with Crippen LogP contribution in [0.15, 0.2) is 23.1 Å². The first kappa shape index (κ1) is 16.1. The van der Waals surface area contributed by atoms with E-state index in [0.717, 1.165) is 6.07 Å². The summed E-state index contributed by atoms with van der Waals surface area (Å²) in [4.78, 5) is -0.209. The number of ether oxygens (including phenoxy) is 1. The van der Waals surface area contributed by atoms with Gasteiger partial charge >= 0.3 is 0 Å². The number of hydrogen-bond donors (Lipinski definition) is 2. The molecule has 108 valence electrons. The lowest BCUT2D eigenvalue weighted by atomic mass is 10.3. The molecular weight excluding hydrogens is 304 g/mol. The molecule has 0 aliphatic carbocycles. The molecule has 0 heterocycles. The average Bonchev–Trinajstić information content (AvgIpc) is 2.35. The molecule has 0 saturated heterocycles. The topological polar surface area (TPSA) is 75.6 Å². The van der Waals surface area contributed by atoms with Gasteiger partial charge in [0.1, 0.15) is 11.9 Å². The summed E-state index contributed by atoms with van der Waals surface area (Å²) in [5.41, 5.74) is 0. The van der Waals surface area contributed by atoms with Gasteiger partial charge in [-0.25, -0.2) is 21.9 Å². The van der Waals surface area contributed by atoms with Gasteiger partial charge in [-0.3, -0.25) is 0 Å². The second kappa shape index (κ2) is 6.47. The molecule has 0 aromatic heterocycles. The number of benzene rings is 1. The number of rotatable bonds is 6. The molecule has 0 aliphatic heterocycles. The number of aliphatic hydroxyl groups excluding tert-OH is 1. The van der Waals surface area contributed by atoms with Crippen molar-refractivity contribution in [3.8, 4) is 5.75 Å². The summed E-state index contributed by atoms with van der Waals surface area (Å²) in [6.07, 6.45) is -5.09. The molecule has 0 amide bonds. The summed E-state index contributed by atoms with van der Waals surface area (Å²) < 4.78 is 54.3. The Morgan fingerprint density at radius 3 is 2.58 bits per heavy atom. The molecule has 1 unspecified atom stereocenters. The van der Waals surface area contributed by atoms with Gasteiger partial charge in [0.15, 0.2) is 0 Å². The van der Waals surface area contributed by atoms with Crippen LogP contribution in [0.5, 0.6) is 5.75 Å². The molecule has 0 radical (unpaired) electrons. The molecule has 1 atom stereocenters. The van der Waals surface area contributed by atoms with E-state index in [0.29, 0.717) is 0 Å². The van der Waals surface area contributed by atoms with E-state index < -0.39 is 29.1 Å². The van der Waals surface area contributed by atoms with Crippen LogP contribution in [0.2, 0.25) is 5.02 Å². The third-order valence-electron chi connectivity index (χ3n) is 2.21. The number of hydrogen-bond acceptors (Lipinski definition) is 4. The van der Waals surface area contributed by atoms with Gasteiger partial charge < -0.3 is 9.84 Å². The maximum atomic E-state index is 12.0. The van der Waals surface area contributed by atoms with Crippen LogP contribution in [-0.2, 0) is 10.0 Å². The second-order valence-electron chi connectivity index (χ2n) is 3.55. The minimum Gasteiger partial charge on any atom is -0.495 e. The normalized spacial score (nSPS) is 13.6. The van der Waals surface area contributed by atoms with Gasteiger partial charge in [0.25, 0.3) is 6.43 Å². The zero-order chi connectivity index (χ0) is 14.6. The van der Waals surface area contributed by atoms with Crippen molar-refractivity contribution in [3.05, 3.63) is 23.2 Å². The molecule has 9 heteroatoms. The standard InChI is InChI=1S/C10H12ClF2NO4S/c1-18-9-3-2-6(4-7(9)11)19(16,17)14-5-8(15)10(12)13/h2-4,8,10,14-15H,5H2,1H3. The van der Waals surface area contributed by atoms with Gasteiger partial charge in [-0.15, -0.1) is 0 Å². The Morgan fingerprint density at radius 2 is 2.11 bits per heavy atom. The summed E-state index contributed by atoms with van der Waals surface area (Å²) in [6, 6.07) is 3.67. The lowest BCUT2D eigenvalue weighted by Crippen LogP contribution is -2.35. The molecule has 2 N–H and O–H groups in total. The van der Waals surface area contributed by atoms with Gasteiger partial charge in [-0.2, -0.15) is 0 Å². The maximum absolute atomic E-state index is 12.0. The molecule has 5 nitrogen and oxygen atoms in total. The van der Waals surface area contributed by atoms with Crippen molar-refractivity contribution in [2.24, 2.45) is 0 Å². The molecule has 0 spiro atoms. The first-order chi connectivity index (χ1) is 8.77. The minimum absolute atomic E-state index is 0.0692. The molecule has 0 bridgehead atoms. The fourth-order valence-corrected chi connectivity index (χ4v) is 2.58. The van der Waals surface area contributed by atoms with Crippen LogP contribution in [0.3, 0.4) is 0 Å². The highest BCUT2D eigenvalue weighted by Gasteiger charge is 2.21. The summed E-state index contributed by atoms with van der Waals surface area (Å²) in [5.74, 6) is 0.285. The molecular formula is C10H12ClF2NO4S. The third kappa shape index (κ3) is 4.27. The summed E-state index contributed by atoms with van der Waals surface area (Å²) in [5, 5.41) is 8.92. The van der Waals surface area contributed by atoms with Crippen LogP contribution >= 0.6 is 11.6 Å². The number of alkyl halides is 2. The Morgan fingerprint density at radius 1 is 1.47 bits per heavy atom. The Bertz CT molecular complexity index is 538. The number of methoxy groups -OCH3 is 1. The fourth-order valence-electron chi connectivity index (χ4n) is 1.18. The third-order valence-corrected chi connectivity index (χ3v) is 3.92. The van der Waals surface area contributed by atoms with E-state index in [2.05, 4.69) is 0 Å². The number of nitrogens with one attached hydrogen (secondary N) is 1. The minimum atomic E-state index is -4.02.